The molecule has 0 heterocycles. The zero-order valence-corrected chi connectivity index (χ0v) is 9.71. The maximum Gasteiger partial charge on any atom is 0.0837 e. The summed E-state index contributed by atoms with van der Waals surface area (Å²) in [6, 6.07) is 0. The Bertz CT molecular complexity index is 330. The first-order valence-electron chi connectivity index (χ1n) is 6.11. The van der Waals surface area contributed by atoms with E-state index in [-0.39, 0.29) is 5.92 Å². The number of aliphatic hydroxyl groups excluding tert-OH is 2. The second-order valence-electron chi connectivity index (χ2n) is 4.81. The molecule has 0 spiro atoms. The monoisotopic (exact) mass is 220 g/mol. The predicted octanol–water partition coefficient (Wildman–Crippen LogP) is 2.20. The molecule has 2 N–H and O–H groups in total. The molecule has 0 aromatic heterocycles. The van der Waals surface area contributed by atoms with Crippen LogP contribution in [-0.2, 0) is 0 Å². The van der Waals surface area contributed by atoms with Crippen LogP contribution in [0.1, 0.15) is 26.2 Å². The molecule has 2 aliphatic carbocycles. The van der Waals surface area contributed by atoms with E-state index in [1.807, 2.05) is 36.5 Å². The quantitative estimate of drug-likeness (QED) is 0.716. The zero-order chi connectivity index (χ0) is 11.6. The van der Waals surface area contributed by atoms with Gasteiger partial charge in [0, 0.05) is 11.3 Å². The lowest BCUT2D eigenvalue weighted by Gasteiger charge is -2.43. The van der Waals surface area contributed by atoms with Gasteiger partial charge in [0.05, 0.1) is 12.2 Å². The van der Waals surface area contributed by atoms with Crippen molar-refractivity contribution >= 4 is 0 Å². The van der Waals surface area contributed by atoms with Crippen molar-refractivity contribution in [3.8, 4) is 0 Å². The van der Waals surface area contributed by atoms with Crippen LogP contribution in [0.4, 0.5) is 0 Å². The minimum Gasteiger partial charge on any atom is -0.391 e. The van der Waals surface area contributed by atoms with Crippen molar-refractivity contribution in [3.63, 3.8) is 0 Å². The van der Waals surface area contributed by atoms with Gasteiger partial charge in [0.2, 0.25) is 0 Å². The normalized spacial score (nSPS) is 41.1. The Morgan fingerprint density at radius 2 is 1.94 bits per heavy atom. The number of unbranched alkanes of at least 4 members (excludes halogenated alkanes) is 1. The molecule has 0 fully saturated rings. The van der Waals surface area contributed by atoms with Crippen molar-refractivity contribution in [2.24, 2.45) is 11.3 Å². The molecular weight excluding hydrogens is 200 g/mol. The van der Waals surface area contributed by atoms with Gasteiger partial charge in [-0.2, -0.15) is 0 Å². The fourth-order valence-electron chi connectivity index (χ4n) is 2.71. The minimum absolute atomic E-state index is 0.0373. The SMILES string of the molecule is CCCCC12C=CC=CC(C=CC1O)C2O. The number of allylic oxidation sites excluding steroid dienone is 2. The molecule has 0 saturated heterocycles. The summed E-state index contributed by atoms with van der Waals surface area (Å²) < 4.78 is 0. The van der Waals surface area contributed by atoms with Crippen molar-refractivity contribution in [2.45, 2.75) is 38.4 Å². The second-order valence-corrected chi connectivity index (χ2v) is 4.81. The van der Waals surface area contributed by atoms with Crippen LogP contribution in [0.5, 0.6) is 0 Å². The zero-order valence-electron chi connectivity index (χ0n) is 9.71. The van der Waals surface area contributed by atoms with Gasteiger partial charge in [-0.25, -0.2) is 0 Å². The van der Waals surface area contributed by atoms with Gasteiger partial charge in [-0.15, -0.1) is 0 Å². The van der Waals surface area contributed by atoms with Crippen LogP contribution in [0.3, 0.4) is 0 Å². The van der Waals surface area contributed by atoms with E-state index in [0.717, 1.165) is 19.3 Å². The molecule has 4 unspecified atom stereocenters. The summed E-state index contributed by atoms with van der Waals surface area (Å²) in [5, 5.41) is 20.6. The Kier molecular flexibility index (Phi) is 3.31. The molecule has 0 aromatic rings. The van der Waals surface area contributed by atoms with Crippen molar-refractivity contribution in [1.82, 2.24) is 0 Å². The van der Waals surface area contributed by atoms with E-state index in [9.17, 15) is 10.2 Å². The Balaban J connectivity index is 2.33. The van der Waals surface area contributed by atoms with Crippen molar-refractivity contribution in [2.75, 3.05) is 0 Å². The number of hydrogen-bond donors (Lipinski definition) is 2. The van der Waals surface area contributed by atoms with E-state index in [1.54, 1.807) is 0 Å². The van der Waals surface area contributed by atoms with Crippen LogP contribution in [0.15, 0.2) is 36.5 Å². The van der Waals surface area contributed by atoms with Crippen LogP contribution in [-0.4, -0.2) is 22.4 Å². The lowest BCUT2D eigenvalue weighted by Crippen LogP contribution is -2.48. The topological polar surface area (TPSA) is 40.5 Å². The summed E-state index contributed by atoms with van der Waals surface area (Å²) in [6.45, 7) is 2.13. The standard InChI is InChI=1S/C14H20O2/c1-2-3-9-14-10-5-4-6-11(13(14)16)7-8-12(14)15/h4-8,10-13,15-16H,2-3,9H2,1H3. The van der Waals surface area contributed by atoms with Gasteiger partial charge in [-0.05, 0) is 6.42 Å². The highest BCUT2D eigenvalue weighted by Crippen LogP contribution is 2.43. The Morgan fingerprint density at radius 3 is 2.69 bits per heavy atom. The Morgan fingerprint density at radius 1 is 1.12 bits per heavy atom. The van der Waals surface area contributed by atoms with E-state index in [2.05, 4.69) is 6.92 Å². The van der Waals surface area contributed by atoms with Crippen molar-refractivity contribution in [1.29, 1.82) is 0 Å². The number of hydrogen-bond acceptors (Lipinski definition) is 2. The summed E-state index contributed by atoms with van der Waals surface area (Å²) in [5.41, 5.74) is -0.487. The van der Waals surface area contributed by atoms with Gasteiger partial charge in [-0.3, -0.25) is 0 Å². The first kappa shape index (κ1) is 11.6. The van der Waals surface area contributed by atoms with E-state index in [4.69, 9.17) is 0 Å². The van der Waals surface area contributed by atoms with Gasteiger partial charge in [0.25, 0.3) is 0 Å². The second kappa shape index (κ2) is 4.56. The fraction of sp³-hybridized carbons (Fsp3) is 0.571. The maximum absolute atomic E-state index is 10.4. The summed E-state index contributed by atoms with van der Waals surface area (Å²) >= 11 is 0. The maximum atomic E-state index is 10.4. The van der Waals surface area contributed by atoms with Gasteiger partial charge >= 0.3 is 0 Å². The largest absolute Gasteiger partial charge is 0.391 e. The Labute approximate surface area is 97.0 Å². The number of aliphatic hydroxyl groups is 2. The highest BCUT2D eigenvalue weighted by atomic mass is 16.3. The summed E-state index contributed by atoms with van der Waals surface area (Å²) in [5.74, 6) is 0.0373. The molecule has 2 bridgehead atoms. The van der Waals surface area contributed by atoms with Crippen molar-refractivity contribution < 1.29 is 10.2 Å². The van der Waals surface area contributed by atoms with Crippen LogP contribution in [0.25, 0.3) is 0 Å². The highest BCUT2D eigenvalue weighted by molar-refractivity contribution is 5.28. The third kappa shape index (κ3) is 1.76. The Hall–Kier alpha value is -0.860. The van der Waals surface area contributed by atoms with E-state index >= 15 is 0 Å². The molecule has 2 rings (SSSR count). The summed E-state index contributed by atoms with van der Waals surface area (Å²) in [4.78, 5) is 0. The first-order chi connectivity index (χ1) is 7.70. The minimum atomic E-state index is -0.568. The van der Waals surface area contributed by atoms with Crippen LogP contribution in [0.2, 0.25) is 0 Å². The third-order valence-corrected chi connectivity index (χ3v) is 3.80. The fourth-order valence-corrected chi connectivity index (χ4v) is 2.71. The van der Waals surface area contributed by atoms with Gasteiger partial charge in [0.1, 0.15) is 0 Å². The summed E-state index contributed by atoms with van der Waals surface area (Å²) in [6.07, 6.45) is 13.5. The molecule has 0 aliphatic heterocycles. The van der Waals surface area contributed by atoms with Gasteiger partial charge in [0.15, 0.2) is 0 Å². The molecule has 0 amide bonds. The average Bonchev–Trinajstić information content (AvgIpc) is 2.38. The van der Waals surface area contributed by atoms with Gasteiger partial charge < -0.3 is 10.2 Å². The lowest BCUT2D eigenvalue weighted by atomic mass is 9.66. The van der Waals surface area contributed by atoms with Gasteiger partial charge in [-0.1, -0.05) is 56.2 Å². The first-order valence-corrected chi connectivity index (χ1v) is 6.11. The van der Waals surface area contributed by atoms with E-state index < -0.39 is 17.6 Å². The van der Waals surface area contributed by atoms with E-state index in [1.165, 1.54) is 0 Å². The number of fused-ring (bicyclic) bond motifs is 2. The number of rotatable bonds is 3. The molecule has 2 nitrogen and oxygen atoms in total. The van der Waals surface area contributed by atoms with Crippen LogP contribution in [0, 0.1) is 11.3 Å². The molecule has 0 saturated carbocycles. The lowest BCUT2D eigenvalue weighted by molar-refractivity contribution is -0.0442. The molecule has 4 atom stereocenters. The molecular formula is C14H20O2. The highest BCUT2D eigenvalue weighted by Gasteiger charge is 2.45. The smallest absolute Gasteiger partial charge is 0.0837 e. The molecule has 0 aromatic carbocycles. The van der Waals surface area contributed by atoms with Crippen LogP contribution < -0.4 is 0 Å². The molecule has 2 heteroatoms. The molecule has 0 radical (unpaired) electrons. The van der Waals surface area contributed by atoms with Crippen molar-refractivity contribution in [3.05, 3.63) is 36.5 Å². The molecule has 88 valence electrons. The third-order valence-electron chi connectivity index (χ3n) is 3.80. The van der Waals surface area contributed by atoms with Crippen LogP contribution >= 0.6 is 0 Å². The van der Waals surface area contributed by atoms with E-state index in [0.29, 0.717) is 0 Å². The predicted molar refractivity (Wildman–Crippen MR) is 64.9 cm³/mol. The summed E-state index contributed by atoms with van der Waals surface area (Å²) in [7, 11) is 0. The molecule has 2 aliphatic rings. The molecule has 16 heavy (non-hydrogen) atoms. The average molecular weight is 220 g/mol.